The summed E-state index contributed by atoms with van der Waals surface area (Å²) in [6.45, 7) is 5.53. The molecule has 0 heterocycles. The van der Waals surface area contributed by atoms with Crippen molar-refractivity contribution in [3.8, 4) is 0 Å². The molecule has 0 aliphatic heterocycles. The molecule has 0 aromatic carbocycles. The van der Waals surface area contributed by atoms with Crippen molar-refractivity contribution in [2.45, 2.75) is 46.5 Å². The zero-order valence-electron chi connectivity index (χ0n) is 9.07. The van der Waals surface area contributed by atoms with Crippen LogP contribution in [0.2, 0.25) is 0 Å². The maximum absolute atomic E-state index is 12.0. The molecule has 1 aliphatic carbocycles. The first-order valence-corrected chi connectivity index (χ1v) is 5.14. The Bertz CT molecular complexity index is 207. The maximum Gasteiger partial charge on any atom is 0.269 e. The van der Waals surface area contributed by atoms with Crippen molar-refractivity contribution in [1.82, 2.24) is 0 Å². The normalized spacial score (nSPS) is 20.9. The molecule has 0 bridgehead atoms. The Hall–Kier alpha value is -0.730. The van der Waals surface area contributed by atoms with Crippen LogP contribution in [0.15, 0.2) is 11.7 Å². The molecule has 0 spiro atoms. The molecular weight excluding hydrogens is 186 g/mol. The summed E-state index contributed by atoms with van der Waals surface area (Å²) >= 11 is 0. The number of rotatable bonds is 1. The van der Waals surface area contributed by atoms with E-state index in [1.54, 1.807) is 0 Å². The highest BCUT2D eigenvalue weighted by molar-refractivity contribution is 5.78. The van der Waals surface area contributed by atoms with Gasteiger partial charge in [0.25, 0.3) is 6.08 Å². The summed E-state index contributed by atoms with van der Waals surface area (Å²) in [6.07, 6.45) is 0.445. The van der Waals surface area contributed by atoms with Crippen LogP contribution in [0.5, 0.6) is 0 Å². The van der Waals surface area contributed by atoms with Crippen molar-refractivity contribution in [2.75, 3.05) is 0 Å². The SMILES string of the molecule is CC.CC(=O)C1CCC(=C(F)F)CC1. The Labute approximate surface area is 84.2 Å². The van der Waals surface area contributed by atoms with Gasteiger partial charge < -0.3 is 0 Å². The van der Waals surface area contributed by atoms with Crippen LogP contribution in [0, 0.1) is 5.92 Å². The molecule has 1 aliphatic rings. The van der Waals surface area contributed by atoms with Crippen LogP contribution in [-0.4, -0.2) is 5.78 Å². The van der Waals surface area contributed by atoms with Gasteiger partial charge in [0.2, 0.25) is 0 Å². The minimum atomic E-state index is -1.54. The largest absolute Gasteiger partial charge is 0.300 e. The average molecular weight is 204 g/mol. The summed E-state index contributed by atoms with van der Waals surface area (Å²) in [5, 5.41) is 0. The number of hydrogen-bond donors (Lipinski definition) is 0. The molecular formula is C11H18F2O. The zero-order chi connectivity index (χ0) is 11.1. The minimum absolute atomic E-state index is 0.0214. The predicted molar refractivity (Wildman–Crippen MR) is 53.2 cm³/mol. The molecule has 0 radical (unpaired) electrons. The summed E-state index contributed by atoms with van der Waals surface area (Å²) in [5.41, 5.74) is 0.243. The first-order chi connectivity index (χ1) is 6.61. The number of Topliss-reactive ketones (excluding diaryl/α,β-unsaturated/α-hetero) is 1. The molecule has 14 heavy (non-hydrogen) atoms. The summed E-state index contributed by atoms with van der Waals surface area (Å²) in [6, 6.07) is 0. The Kier molecular flexibility index (Phi) is 6.34. The average Bonchev–Trinajstić information content (AvgIpc) is 2.21. The summed E-state index contributed by atoms with van der Waals surface area (Å²) in [5.74, 6) is 0.154. The molecule has 0 atom stereocenters. The Balaban J connectivity index is 0.000000791. The Morgan fingerprint density at radius 1 is 1.21 bits per heavy atom. The van der Waals surface area contributed by atoms with Gasteiger partial charge in [0, 0.05) is 5.92 Å². The predicted octanol–water partition coefficient (Wildman–Crippen LogP) is 3.94. The van der Waals surface area contributed by atoms with E-state index in [9.17, 15) is 13.6 Å². The van der Waals surface area contributed by atoms with Crippen LogP contribution in [0.25, 0.3) is 0 Å². The third-order valence-electron chi connectivity index (χ3n) is 2.43. The van der Waals surface area contributed by atoms with Gasteiger partial charge in [-0.2, -0.15) is 8.78 Å². The second kappa shape index (κ2) is 6.68. The topological polar surface area (TPSA) is 17.1 Å². The number of halogens is 2. The van der Waals surface area contributed by atoms with Gasteiger partial charge in [-0.3, -0.25) is 4.79 Å². The lowest BCUT2D eigenvalue weighted by Crippen LogP contribution is -2.15. The highest BCUT2D eigenvalue weighted by Gasteiger charge is 2.22. The van der Waals surface area contributed by atoms with E-state index in [0.717, 1.165) is 0 Å². The van der Waals surface area contributed by atoms with Crippen molar-refractivity contribution >= 4 is 5.78 Å². The van der Waals surface area contributed by atoms with E-state index in [2.05, 4.69) is 0 Å². The van der Waals surface area contributed by atoms with E-state index in [4.69, 9.17) is 0 Å². The van der Waals surface area contributed by atoms with Crippen molar-refractivity contribution in [3.05, 3.63) is 11.7 Å². The molecule has 1 nitrogen and oxygen atoms in total. The van der Waals surface area contributed by atoms with Crippen molar-refractivity contribution < 1.29 is 13.6 Å². The van der Waals surface area contributed by atoms with Crippen LogP contribution < -0.4 is 0 Å². The molecule has 1 saturated carbocycles. The van der Waals surface area contributed by atoms with Gasteiger partial charge in [-0.1, -0.05) is 13.8 Å². The highest BCUT2D eigenvalue weighted by atomic mass is 19.3. The van der Waals surface area contributed by atoms with Crippen molar-refractivity contribution in [1.29, 1.82) is 0 Å². The van der Waals surface area contributed by atoms with E-state index < -0.39 is 6.08 Å². The molecule has 3 heteroatoms. The van der Waals surface area contributed by atoms with E-state index >= 15 is 0 Å². The smallest absolute Gasteiger partial charge is 0.269 e. The van der Waals surface area contributed by atoms with Gasteiger partial charge in [0.1, 0.15) is 5.78 Å². The van der Waals surface area contributed by atoms with Gasteiger partial charge in [-0.15, -0.1) is 0 Å². The monoisotopic (exact) mass is 204 g/mol. The molecule has 1 fully saturated rings. The molecule has 1 rings (SSSR count). The van der Waals surface area contributed by atoms with E-state index in [1.807, 2.05) is 13.8 Å². The van der Waals surface area contributed by atoms with Crippen molar-refractivity contribution in [2.24, 2.45) is 5.92 Å². The van der Waals surface area contributed by atoms with Crippen LogP contribution in [0.1, 0.15) is 46.5 Å². The van der Waals surface area contributed by atoms with E-state index in [-0.39, 0.29) is 17.3 Å². The Morgan fingerprint density at radius 2 is 1.64 bits per heavy atom. The number of carbonyl (C=O) groups excluding carboxylic acids is 1. The first-order valence-electron chi connectivity index (χ1n) is 5.14. The maximum atomic E-state index is 12.0. The number of ketones is 1. The van der Waals surface area contributed by atoms with Crippen molar-refractivity contribution in [3.63, 3.8) is 0 Å². The molecule has 82 valence electrons. The molecule has 0 unspecified atom stereocenters. The van der Waals surface area contributed by atoms with E-state index in [1.165, 1.54) is 6.92 Å². The molecule has 0 saturated heterocycles. The molecule has 0 aromatic rings. The fourth-order valence-corrected chi connectivity index (χ4v) is 1.56. The third-order valence-corrected chi connectivity index (χ3v) is 2.43. The van der Waals surface area contributed by atoms with Crippen LogP contribution in [-0.2, 0) is 4.79 Å². The third kappa shape index (κ3) is 3.99. The van der Waals surface area contributed by atoms with Crippen LogP contribution in [0.4, 0.5) is 8.78 Å². The second-order valence-corrected chi connectivity index (χ2v) is 3.25. The van der Waals surface area contributed by atoms with Gasteiger partial charge in [-0.05, 0) is 38.2 Å². The summed E-state index contributed by atoms with van der Waals surface area (Å²) < 4.78 is 24.1. The minimum Gasteiger partial charge on any atom is -0.300 e. The van der Waals surface area contributed by atoms with Gasteiger partial charge in [0.15, 0.2) is 0 Å². The lowest BCUT2D eigenvalue weighted by molar-refractivity contribution is -0.121. The van der Waals surface area contributed by atoms with Gasteiger partial charge in [0.05, 0.1) is 0 Å². The lowest BCUT2D eigenvalue weighted by Gasteiger charge is -2.20. The lowest BCUT2D eigenvalue weighted by atomic mass is 9.84. The van der Waals surface area contributed by atoms with E-state index in [0.29, 0.717) is 25.7 Å². The van der Waals surface area contributed by atoms with Crippen LogP contribution >= 0.6 is 0 Å². The fourth-order valence-electron chi connectivity index (χ4n) is 1.56. The van der Waals surface area contributed by atoms with Gasteiger partial charge >= 0.3 is 0 Å². The summed E-state index contributed by atoms with van der Waals surface area (Å²) in [4.78, 5) is 10.9. The first kappa shape index (κ1) is 13.3. The molecule has 0 aromatic heterocycles. The molecule has 0 amide bonds. The number of hydrogen-bond acceptors (Lipinski definition) is 1. The zero-order valence-corrected chi connectivity index (χ0v) is 9.07. The second-order valence-electron chi connectivity index (χ2n) is 3.25. The summed E-state index contributed by atoms with van der Waals surface area (Å²) in [7, 11) is 0. The highest BCUT2D eigenvalue weighted by Crippen LogP contribution is 2.31. The fraction of sp³-hybridized carbons (Fsp3) is 0.727. The Morgan fingerprint density at radius 3 is 1.93 bits per heavy atom. The van der Waals surface area contributed by atoms with Crippen LogP contribution in [0.3, 0.4) is 0 Å². The molecule has 0 N–H and O–H groups in total. The number of carbonyl (C=O) groups is 1. The quantitative estimate of drug-likeness (QED) is 0.632. The number of allylic oxidation sites excluding steroid dienone is 1. The van der Waals surface area contributed by atoms with Gasteiger partial charge in [-0.25, -0.2) is 0 Å². The standard InChI is InChI=1S/C9H12F2O.C2H6/c1-6(12)7-2-4-8(5-3-7)9(10)11;1-2/h7H,2-5H2,1H3;1-2H3.